The molecular formula is C24H33N3O5S. The summed E-state index contributed by atoms with van der Waals surface area (Å²) in [5, 5.41) is 2.60. The first kappa shape index (κ1) is 26.2. The summed E-state index contributed by atoms with van der Waals surface area (Å²) in [5.41, 5.74) is 1.37. The van der Waals surface area contributed by atoms with Gasteiger partial charge in [0, 0.05) is 13.6 Å². The highest BCUT2D eigenvalue weighted by atomic mass is 32.2. The van der Waals surface area contributed by atoms with E-state index in [0.717, 1.165) is 16.1 Å². The zero-order valence-electron chi connectivity index (χ0n) is 19.7. The molecule has 0 fully saturated rings. The van der Waals surface area contributed by atoms with Crippen LogP contribution >= 0.6 is 0 Å². The number of carbonyl (C=O) groups excluding carboxylic acids is 2. The van der Waals surface area contributed by atoms with E-state index in [1.54, 1.807) is 24.3 Å². The highest BCUT2D eigenvalue weighted by molar-refractivity contribution is 7.92. The Kier molecular flexibility index (Phi) is 9.72. The molecule has 0 heterocycles. The predicted molar refractivity (Wildman–Crippen MR) is 130 cm³/mol. The molecule has 2 aromatic rings. The van der Waals surface area contributed by atoms with E-state index in [4.69, 9.17) is 4.74 Å². The summed E-state index contributed by atoms with van der Waals surface area (Å²) < 4.78 is 31.6. The molecule has 1 atom stereocenters. The molecule has 0 aliphatic rings. The molecule has 9 heteroatoms. The predicted octanol–water partition coefficient (Wildman–Crippen LogP) is 2.45. The quantitative estimate of drug-likeness (QED) is 0.509. The number of nitrogens with zero attached hydrogens (tertiary/aromatic N) is 2. The average Bonchev–Trinajstić information content (AvgIpc) is 2.80. The molecule has 180 valence electrons. The third-order valence-corrected chi connectivity index (χ3v) is 6.37. The Morgan fingerprint density at radius 2 is 1.67 bits per heavy atom. The number of hydrogen-bond acceptors (Lipinski definition) is 5. The Morgan fingerprint density at radius 3 is 2.18 bits per heavy atom. The van der Waals surface area contributed by atoms with Crippen molar-refractivity contribution in [1.29, 1.82) is 0 Å². The average molecular weight is 476 g/mol. The summed E-state index contributed by atoms with van der Waals surface area (Å²) in [7, 11) is -2.23. The van der Waals surface area contributed by atoms with E-state index in [-0.39, 0.29) is 12.5 Å². The van der Waals surface area contributed by atoms with Gasteiger partial charge in [0.1, 0.15) is 18.3 Å². The van der Waals surface area contributed by atoms with Crippen molar-refractivity contribution in [3.63, 3.8) is 0 Å². The second-order valence-electron chi connectivity index (χ2n) is 7.56. The lowest BCUT2D eigenvalue weighted by atomic mass is 10.1. The van der Waals surface area contributed by atoms with Gasteiger partial charge in [0.15, 0.2) is 0 Å². The van der Waals surface area contributed by atoms with Crippen LogP contribution in [0.5, 0.6) is 5.75 Å². The minimum atomic E-state index is -3.75. The van der Waals surface area contributed by atoms with E-state index < -0.39 is 28.5 Å². The third kappa shape index (κ3) is 7.49. The summed E-state index contributed by atoms with van der Waals surface area (Å²) in [6.45, 7) is 4.05. The first-order chi connectivity index (χ1) is 15.7. The van der Waals surface area contributed by atoms with Crippen LogP contribution in [0, 0.1) is 0 Å². The van der Waals surface area contributed by atoms with Crippen LogP contribution in [0.25, 0.3) is 0 Å². The Balaban J connectivity index is 2.31. The van der Waals surface area contributed by atoms with Gasteiger partial charge in [0.25, 0.3) is 0 Å². The van der Waals surface area contributed by atoms with E-state index >= 15 is 0 Å². The molecule has 2 rings (SSSR count). The topological polar surface area (TPSA) is 96.0 Å². The third-order valence-electron chi connectivity index (χ3n) is 5.23. The van der Waals surface area contributed by atoms with Gasteiger partial charge in [0.05, 0.1) is 18.6 Å². The van der Waals surface area contributed by atoms with Crippen molar-refractivity contribution >= 4 is 27.5 Å². The van der Waals surface area contributed by atoms with E-state index in [1.165, 1.54) is 11.9 Å². The molecule has 0 spiro atoms. The first-order valence-corrected chi connectivity index (χ1v) is 12.8. The van der Waals surface area contributed by atoms with Gasteiger partial charge in [-0.05, 0) is 49.6 Å². The molecule has 2 aromatic carbocycles. The fourth-order valence-electron chi connectivity index (χ4n) is 3.55. The van der Waals surface area contributed by atoms with Gasteiger partial charge < -0.3 is 15.0 Å². The molecule has 0 saturated carbocycles. The summed E-state index contributed by atoms with van der Waals surface area (Å²) in [4.78, 5) is 27.4. The SMILES string of the molecule is CCOc1ccc(N(CC(=O)N(CCc2ccccc2)[C@H](CC)C(=O)NC)S(C)(=O)=O)cc1. The van der Waals surface area contributed by atoms with Crippen LogP contribution in [-0.4, -0.2) is 64.2 Å². The monoisotopic (exact) mass is 475 g/mol. The normalized spacial score (nSPS) is 12.0. The molecule has 8 nitrogen and oxygen atoms in total. The fourth-order valence-corrected chi connectivity index (χ4v) is 4.40. The molecule has 0 radical (unpaired) electrons. The zero-order chi connectivity index (χ0) is 24.4. The molecule has 0 aliphatic carbocycles. The van der Waals surface area contributed by atoms with Gasteiger partial charge in [-0.25, -0.2) is 8.42 Å². The molecule has 1 N–H and O–H groups in total. The van der Waals surface area contributed by atoms with Gasteiger partial charge >= 0.3 is 0 Å². The van der Waals surface area contributed by atoms with E-state index in [9.17, 15) is 18.0 Å². The van der Waals surface area contributed by atoms with Crippen molar-refractivity contribution in [2.75, 3.05) is 37.3 Å². The Labute approximate surface area is 196 Å². The minimum absolute atomic E-state index is 0.286. The summed E-state index contributed by atoms with van der Waals surface area (Å²) in [6, 6.07) is 15.5. The number of nitrogens with one attached hydrogen (secondary N) is 1. The number of ether oxygens (including phenoxy) is 1. The number of likely N-dealkylation sites (N-methyl/N-ethyl adjacent to an activating group) is 1. The van der Waals surface area contributed by atoms with E-state index in [2.05, 4.69) is 5.32 Å². The largest absolute Gasteiger partial charge is 0.494 e. The van der Waals surface area contributed by atoms with Crippen molar-refractivity contribution in [1.82, 2.24) is 10.2 Å². The van der Waals surface area contributed by atoms with Crippen LogP contribution in [0.15, 0.2) is 54.6 Å². The molecule has 0 saturated heterocycles. The van der Waals surface area contributed by atoms with Crippen LogP contribution in [0.2, 0.25) is 0 Å². The standard InChI is InChI=1S/C24H33N3O5S/c1-5-22(24(29)25-3)26(17-16-19-10-8-7-9-11-19)23(28)18-27(33(4,30)31)20-12-14-21(15-13-20)32-6-2/h7-15,22H,5-6,16-18H2,1-4H3,(H,25,29)/t22-/m1/s1. The van der Waals surface area contributed by atoms with Crippen molar-refractivity contribution in [2.45, 2.75) is 32.7 Å². The molecule has 0 bridgehead atoms. The molecular weight excluding hydrogens is 442 g/mol. The molecule has 0 unspecified atom stereocenters. The maximum atomic E-state index is 13.4. The summed E-state index contributed by atoms with van der Waals surface area (Å²) in [5.74, 6) is -0.122. The van der Waals surface area contributed by atoms with Gasteiger partial charge in [-0.1, -0.05) is 37.3 Å². The van der Waals surface area contributed by atoms with Crippen LogP contribution in [0.3, 0.4) is 0 Å². The van der Waals surface area contributed by atoms with Crippen molar-refractivity contribution in [3.8, 4) is 5.75 Å². The fraction of sp³-hybridized carbons (Fsp3) is 0.417. The van der Waals surface area contributed by atoms with Gasteiger partial charge in [0.2, 0.25) is 21.8 Å². The van der Waals surface area contributed by atoms with Crippen LogP contribution in [-0.2, 0) is 26.0 Å². The number of anilines is 1. The highest BCUT2D eigenvalue weighted by Crippen LogP contribution is 2.22. The summed E-state index contributed by atoms with van der Waals surface area (Å²) >= 11 is 0. The summed E-state index contributed by atoms with van der Waals surface area (Å²) in [6.07, 6.45) is 2.01. The van der Waals surface area contributed by atoms with Crippen molar-refractivity contribution < 1.29 is 22.7 Å². The Morgan fingerprint density at radius 1 is 1.03 bits per heavy atom. The molecule has 33 heavy (non-hydrogen) atoms. The van der Waals surface area contributed by atoms with Crippen molar-refractivity contribution in [2.24, 2.45) is 0 Å². The van der Waals surface area contributed by atoms with Crippen LogP contribution < -0.4 is 14.4 Å². The number of benzene rings is 2. The lowest BCUT2D eigenvalue weighted by Crippen LogP contribution is -2.52. The number of hydrogen-bond donors (Lipinski definition) is 1. The van der Waals surface area contributed by atoms with Gasteiger partial charge in [-0.2, -0.15) is 0 Å². The van der Waals surface area contributed by atoms with E-state index in [1.807, 2.05) is 44.2 Å². The van der Waals surface area contributed by atoms with Gasteiger partial charge in [-0.15, -0.1) is 0 Å². The number of sulfonamides is 1. The highest BCUT2D eigenvalue weighted by Gasteiger charge is 2.30. The number of amides is 2. The van der Waals surface area contributed by atoms with E-state index in [0.29, 0.717) is 30.9 Å². The van der Waals surface area contributed by atoms with Crippen molar-refractivity contribution in [3.05, 3.63) is 60.2 Å². The Hall–Kier alpha value is -3.07. The second-order valence-corrected chi connectivity index (χ2v) is 9.46. The Bertz CT molecular complexity index is 1010. The second kappa shape index (κ2) is 12.2. The van der Waals surface area contributed by atoms with Crippen LogP contribution in [0.4, 0.5) is 5.69 Å². The molecule has 0 aromatic heterocycles. The lowest BCUT2D eigenvalue weighted by molar-refractivity contribution is -0.139. The number of rotatable bonds is 12. The minimum Gasteiger partial charge on any atom is -0.494 e. The maximum absolute atomic E-state index is 13.4. The maximum Gasteiger partial charge on any atom is 0.244 e. The lowest BCUT2D eigenvalue weighted by Gasteiger charge is -2.32. The van der Waals surface area contributed by atoms with Crippen LogP contribution in [0.1, 0.15) is 25.8 Å². The first-order valence-electron chi connectivity index (χ1n) is 11.0. The smallest absolute Gasteiger partial charge is 0.244 e. The van der Waals surface area contributed by atoms with Gasteiger partial charge in [-0.3, -0.25) is 13.9 Å². The zero-order valence-corrected chi connectivity index (χ0v) is 20.5. The molecule has 0 aliphatic heterocycles. The molecule has 2 amide bonds. The number of carbonyl (C=O) groups is 2.